The number of aliphatic hydroxyl groups is 11. The van der Waals surface area contributed by atoms with Gasteiger partial charge in [0.2, 0.25) is 18.9 Å². The minimum atomic E-state index is -1.84. The van der Waals surface area contributed by atoms with Gasteiger partial charge < -0.3 is 113 Å². The maximum absolute atomic E-state index is 13.4. The molecule has 3 fully saturated rings. The number of rotatable bonds is 19. The number of esters is 4. The second-order valence-corrected chi connectivity index (χ2v) is 17.8. The zero-order chi connectivity index (χ0) is 54.8. The van der Waals surface area contributed by atoms with Crippen molar-refractivity contribution in [3.63, 3.8) is 0 Å². The lowest BCUT2D eigenvalue weighted by molar-refractivity contribution is -0.327. The molecule has 3 saturated heterocycles. The average molecular weight is 1070 g/mol. The molecule has 418 valence electrons. The number of hydrogen-bond acceptors (Lipinski definition) is 27. The molecule has 1 aromatic rings. The first-order valence-electron chi connectivity index (χ1n) is 23.7. The van der Waals surface area contributed by atoms with Crippen LogP contribution in [0.1, 0.15) is 32.3 Å². The van der Waals surface area contributed by atoms with Gasteiger partial charge in [0.25, 0.3) is 0 Å². The van der Waals surface area contributed by atoms with E-state index in [0.29, 0.717) is 5.56 Å². The van der Waals surface area contributed by atoms with Crippen LogP contribution >= 0.6 is 0 Å². The molecule has 0 spiro atoms. The Morgan fingerprint density at radius 1 is 0.547 bits per heavy atom. The fraction of sp³-hybridized carbons (Fsp3) is 0.625. The highest BCUT2D eigenvalue weighted by molar-refractivity contribution is 5.91. The maximum Gasteiger partial charge on any atom is 0.337 e. The molecule has 27 heteroatoms. The molecule has 5 aliphatic rings. The van der Waals surface area contributed by atoms with Crippen LogP contribution in [0, 0.1) is 11.8 Å². The molecule has 19 atom stereocenters. The van der Waals surface area contributed by atoms with Crippen molar-refractivity contribution in [3.05, 3.63) is 76.8 Å². The Morgan fingerprint density at radius 3 is 1.39 bits per heavy atom. The number of carbonyl (C=O) groups is 4. The molecule has 0 aliphatic carbocycles. The monoisotopic (exact) mass is 1070 g/mol. The summed E-state index contributed by atoms with van der Waals surface area (Å²) < 4.78 is 65.8. The summed E-state index contributed by atoms with van der Waals surface area (Å²) in [6.45, 7) is 0.837. The number of aliphatic hydroxyl groups excluding tert-OH is 11. The first kappa shape index (κ1) is 59.1. The summed E-state index contributed by atoms with van der Waals surface area (Å²) in [7, 11) is 2.22. The molecule has 0 radical (unpaired) electrons. The van der Waals surface area contributed by atoms with E-state index in [-0.39, 0.29) is 41.1 Å². The van der Waals surface area contributed by atoms with Crippen molar-refractivity contribution in [2.45, 2.75) is 138 Å². The van der Waals surface area contributed by atoms with Gasteiger partial charge in [0.15, 0.2) is 12.6 Å². The van der Waals surface area contributed by atoms with E-state index in [0.717, 1.165) is 26.7 Å². The average Bonchev–Trinajstić information content (AvgIpc) is 3.41. The van der Waals surface area contributed by atoms with Gasteiger partial charge >= 0.3 is 23.9 Å². The third kappa shape index (κ3) is 13.7. The van der Waals surface area contributed by atoms with Crippen LogP contribution in [-0.4, -0.2) is 225 Å². The Morgan fingerprint density at radius 2 is 0.960 bits per heavy atom. The number of methoxy groups -OCH3 is 2. The number of hydrogen-bond donors (Lipinski definition) is 11. The molecule has 11 N–H and O–H groups in total. The van der Waals surface area contributed by atoms with Crippen molar-refractivity contribution in [3.8, 4) is 5.75 Å². The van der Waals surface area contributed by atoms with Crippen molar-refractivity contribution in [1.29, 1.82) is 0 Å². The van der Waals surface area contributed by atoms with Crippen molar-refractivity contribution in [2.75, 3.05) is 40.6 Å². The van der Waals surface area contributed by atoms with Crippen LogP contribution in [0.5, 0.6) is 5.75 Å². The van der Waals surface area contributed by atoms with Gasteiger partial charge in [-0.2, -0.15) is 0 Å². The first-order valence-corrected chi connectivity index (χ1v) is 23.7. The first-order chi connectivity index (χ1) is 35.8. The SMILES string of the molecule is CC=C1[C@H](O[C@@H]2O[C@H](CO)[C@@H](O)[C@H](O)[C@H]2O)OC=C(C(=O)OC)[C@H]1CC(=O)OCCc1ccc(O[C@@H]2O[C@H](COC(=O)C[C@@H]3C(C(=O)OC)=CO[C@@H](O[C@@H]4O[C@H](CO)[C@@H](O)[C@H](O)[C@H]4O)C3=CC)[C@@H](O)[C@H](O)[C@H]2O)cc1. The summed E-state index contributed by atoms with van der Waals surface area (Å²) in [6, 6.07) is 6.17. The molecule has 0 saturated carbocycles. The third-order valence-electron chi connectivity index (χ3n) is 13.1. The molecular formula is C48H64O27. The highest BCUT2D eigenvalue weighted by Crippen LogP contribution is 2.38. The predicted molar refractivity (Wildman–Crippen MR) is 243 cm³/mol. The van der Waals surface area contributed by atoms with E-state index >= 15 is 0 Å². The maximum atomic E-state index is 13.4. The van der Waals surface area contributed by atoms with Gasteiger partial charge in [0, 0.05) is 29.4 Å². The van der Waals surface area contributed by atoms with E-state index in [2.05, 4.69) is 0 Å². The van der Waals surface area contributed by atoms with Crippen molar-refractivity contribution >= 4 is 23.9 Å². The third-order valence-corrected chi connectivity index (χ3v) is 13.1. The number of allylic oxidation sites excluding steroid dienone is 2. The zero-order valence-electron chi connectivity index (χ0n) is 41.0. The Hall–Kier alpha value is -5.18. The van der Waals surface area contributed by atoms with Gasteiger partial charge in [-0.05, 0) is 31.5 Å². The largest absolute Gasteiger partial charge is 0.468 e. The van der Waals surface area contributed by atoms with Gasteiger partial charge in [-0.1, -0.05) is 24.3 Å². The summed E-state index contributed by atoms with van der Waals surface area (Å²) in [6.07, 6.45) is -23.4. The second kappa shape index (κ2) is 26.7. The van der Waals surface area contributed by atoms with Crippen LogP contribution in [0.2, 0.25) is 0 Å². The molecule has 5 heterocycles. The standard InChI is InChI=1S/C48H64O27/c1-5-22-24(26(42(62)64-3)17-68-44(22)74-47-40(60)36(56)33(53)28(15-49)71-47)13-31(51)66-12-11-20-7-9-21(10-8-20)70-46-39(59)38(58)35(55)30(73-46)19-67-32(52)14-25-23(6-2)45(69-18-27(25)43(63)65-4)75-48-41(61)37(57)34(54)29(16-50)72-48/h5-10,17-18,24-25,28-30,33-41,44-50,53-61H,11-16,19H2,1-4H3/t24-,25-,28+,29+,30+,33+,34+,35+,36-,37-,38-,39+,40+,41+,44-,45-,46+,47-,48-/m0/s1. The van der Waals surface area contributed by atoms with Crippen LogP contribution in [0.15, 0.2) is 71.2 Å². The van der Waals surface area contributed by atoms with E-state index in [4.69, 9.17) is 56.8 Å². The molecule has 6 rings (SSSR count). The summed E-state index contributed by atoms with van der Waals surface area (Å²) in [5.41, 5.74) is 0.810. The minimum Gasteiger partial charge on any atom is -0.468 e. The predicted octanol–water partition coefficient (Wildman–Crippen LogP) is -4.13. The van der Waals surface area contributed by atoms with E-state index in [1.165, 1.54) is 31.2 Å². The molecule has 0 aromatic heterocycles. The van der Waals surface area contributed by atoms with Crippen LogP contribution in [0.3, 0.4) is 0 Å². The van der Waals surface area contributed by atoms with E-state index < -0.39 is 173 Å². The highest BCUT2D eigenvalue weighted by Gasteiger charge is 2.50. The van der Waals surface area contributed by atoms with E-state index in [9.17, 15) is 75.3 Å². The Bertz CT molecular complexity index is 2230. The topological polar surface area (TPSA) is 402 Å². The summed E-state index contributed by atoms with van der Waals surface area (Å²) in [4.78, 5) is 52.2. The lowest BCUT2D eigenvalue weighted by atomic mass is 9.86. The highest BCUT2D eigenvalue weighted by atomic mass is 16.8. The summed E-state index contributed by atoms with van der Waals surface area (Å²) in [5.74, 6) is -5.43. The molecule has 1 aromatic carbocycles. The molecule has 0 amide bonds. The number of carbonyl (C=O) groups excluding carboxylic acids is 4. The lowest BCUT2D eigenvalue weighted by Crippen LogP contribution is -2.60. The fourth-order valence-corrected chi connectivity index (χ4v) is 8.78. The Labute approximate surface area is 428 Å². The van der Waals surface area contributed by atoms with Gasteiger partial charge in [-0.15, -0.1) is 0 Å². The molecule has 0 bridgehead atoms. The van der Waals surface area contributed by atoms with Gasteiger partial charge in [-0.25, -0.2) is 9.59 Å². The molecule has 0 unspecified atom stereocenters. The van der Waals surface area contributed by atoms with Crippen LogP contribution in [0.4, 0.5) is 0 Å². The Balaban J connectivity index is 1.01. The van der Waals surface area contributed by atoms with Crippen molar-refractivity contribution in [1.82, 2.24) is 0 Å². The number of benzene rings is 1. The summed E-state index contributed by atoms with van der Waals surface area (Å²) in [5, 5.41) is 113. The van der Waals surface area contributed by atoms with Crippen LogP contribution in [-0.2, 0) is 77.7 Å². The fourth-order valence-electron chi connectivity index (χ4n) is 8.78. The van der Waals surface area contributed by atoms with E-state index in [1.807, 2.05) is 0 Å². The van der Waals surface area contributed by atoms with Crippen molar-refractivity contribution < 1.29 is 132 Å². The molecule has 5 aliphatic heterocycles. The van der Waals surface area contributed by atoms with Crippen LogP contribution < -0.4 is 4.74 Å². The zero-order valence-corrected chi connectivity index (χ0v) is 41.0. The van der Waals surface area contributed by atoms with Crippen molar-refractivity contribution in [2.24, 2.45) is 11.8 Å². The smallest absolute Gasteiger partial charge is 0.337 e. The van der Waals surface area contributed by atoms with Gasteiger partial charge in [-0.3, -0.25) is 9.59 Å². The molecule has 27 nitrogen and oxygen atoms in total. The normalized spacial score (nSPS) is 37.0. The van der Waals surface area contributed by atoms with E-state index in [1.54, 1.807) is 19.1 Å². The van der Waals surface area contributed by atoms with Gasteiger partial charge in [0.05, 0.1) is 70.6 Å². The minimum absolute atomic E-state index is 0.0589. The molecular weight excluding hydrogens is 1010 g/mol. The van der Waals surface area contributed by atoms with Crippen LogP contribution in [0.25, 0.3) is 0 Å². The van der Waals surface area contributed by atoms with Gasteiger partial charge in [0.1, 0.15) is 85.6 Å². The Kier molecular flexibility index (Phi) is 21.1. The number of ether oxygens (including phenoxy) is 12. The molecule has 75 heavy (non-hydrogen) atoms. The second-order valence-electron chi connectivity index (χ2n) is 17.8. The summed E-state index contributed by atoms with van der Waals surface area (Å²) >= 11 is 0. The lowest BCUT2D eigenvalue weighted by Gasteiger charge is -2.42. The quantitative estimate of drug-likeness (QED) is 0.0356.